The predicted molar refractivity (Wildman–Crippen MR) is 64.4 cm³/mol. The van der Waals surface area contributed by atoms with Crippen LogP contribution in [0.1, 0.15) is 38.5 Å². The lowest BCUT2D eigenvalue weighted by Gasteiger charge is -2.26. The van der Waals surface area contributed by atoms with Crippen molar-refractivity contribution in [3.63, 3.8) is 0 Å². The number of hydrogen-bond donors (Lipinski definition) is 2. The van der Waals surface area contributed by atoms with E-state index in [0.29, 0.717) is 6.04 Å². The fraction of sp³-hybridized carbons (Fsp3) is 0.909. The molecule has 0 unspecified atom stereocenters. The van der Waals surface area contributed by atoms with Gasteiger partial charge in [-0.3, -0.25) is 4.79 Å². The standard InChI is InChI=1S/C11H21NO2S/c1-15-8-7-10(11(13)14)12-9-5-3-2-4-6-9/h9-10,12H,2-8H2,1H3,(H,13,14)/t10-/m0/s1. The minimum Gasteiger partial charge on any atom is -0.480 e. The van der Waals surface area contributed by atoms with Gasteiger partial charge in [-0.15, -0.1) is 0 Å². The Labute approximate surface area is 96.0 Å². The van der Waals surface area contributed by atoms with Gasteiger partial charge < -0.3 is 10.4 Å². The zero-order valence-electron chi connectivity index (χ0n) is 9.37. The van der Waals surface area contributed by atoms with E-state index in [1.807, 2.05) is 6.26 Å². The summed E-state index contributed by atoms with van der Waals surface area (Å²) in [5.74, 6) is 0.214. The van der Waals surface area contributed by atoms with Crippen molar-refractivity contribution >= 4 is 17.7 Å². The van der Waals surface area contributed by atoms with Gasteiger partial charge in [0.25, 0.3) is 0 Å². The molecule has 0 aromatic rings. The van der Waals surface area contributed by atoms with Crippen LogP contribution in [0.15, 0.2) is 0 Å². The molecule has 2 N–H and O–H groups in total. The molecule has 3 nitrogen and oxygen atoms in total. The van der Waals surface area contributed by atoms with Crippen molar-refractivity contribution in [2.75, 3.05) is 12.0 Å². The minimum absolute atomic E-state index is 0.347. The summed E-state index contributed by atoms with van der Waals surface area (Å²) in [6.07, 6.45) is 8.82. The van der Waals surface area contributed by atoms with Gasteiger partial charge in [-0.2, -0.15) is 11.8 Å². The lowest BCUT2D eigenvalue weighted by atomic mass is 9.94. The number of aliphatic carboxylic acids is 1. The lowest BCUT2D eigenvalue weighted by Crippen LogP contribution is -2.44. The SMILES string of the molecule is CSCC[C@H](NC1CCCCC1)C(=O)O. The summed E-state index contributed by atoms with van der Waals surface area (Å²) in [6.45, 7) is 0. The van der Waals surface area contributed by atoms with Crippen LogP contribution in [-0.2, 0) is 4.79 Å². The molecule has 88 valence electrons. The summed E-state index contributed by atoms with van der Waals surface area (Å²) >= 11 is 1.71. The van der Waals surface area contributed by atoms with Crippen molar-refractivity contribution in [1.29, 1.82) is 0 Å². The molecule has 0 radical (unpaired) electrons. The second-order valence-corrected chi connectivity index (χ2v) is 5.16. The Kier molecular flexibility index (Phi) is 6.10. The van der Waals surface area contributed by atoms with Crippen molar-refractivity contribution in [3.8, 4) is 0 Å². The number of carbonyl (C=O) groups is 1. The van der Waals surface area contributed by atoms with Crippen LogP contribution in [0.25, 0.3) is 0 Å². The molecule has 0 spiro atoms. The number of carboxylic acid groups (broad SMARTS) is 1. The first-order chi connectivity index (χ1) is 7.24. The average molecular weight is 231 g/mol. The molecule has 1 aliphatic rings. The quantitative estimate of drug-likeness (QED) is 0.735. The Hall–Kier alpha value is -0.220. The van der Waals surface area contributed by atoms with Gasteiger partial charge in [-0.05, 0) is 31.3 Å². The molecule has 1 saturated carbocycles. The van der Waals surface area contributed by atoms with Crippen LogP contribution in [0.3, 0.4) is 0 Å². The van der Waals surface area contributed by atoms with Gasteiger partial charge in [-0.1, -0.05) is 19.3 Å². The molecule has 4 heteroatoms. The highest BCUT2D eigenvalue weighted by atomic mass is 32.2. The van der Waals surface area contributed by atoms with Gasteiger partial charge in [0.2, 0.25) is 0 Å². The van der Waals surface area contributed by atoms with E-state index in [1.54, 1.807) is 11.8 Å². The van der Waals surface area contributed by atoms with Gasteiger partial charge in [0, 0.05) is 6.04 Å². The van der Waals surface area contributed by atoms with E-state index >= 15 is 0 Å². The van der Waals surface area contributed by atoms with E-state index in [-0.39, 0.29) is 6.04 Å². The van der Waals surface area contributed by atoms with E-state index in [1.165, 1.54) is 19.3 Å². The molecular weight excluding hydrogens is 210 g/mol. The Morgan fingerprint density at radius 2 is 2.13 bits per heavy atom. The smallest absolute Gasteiger partial charge is 0.320 e. The highest BCUT2D eigenvalue weighted by Crippen LogP contribution is 2.18. The molecule has 1 atom stereocenters. The monoisotopic (exact) mass is 231 g/mol. The van der Waals surface area contributed by atoms with E-state index in [4.69, 9.17) is 5.11 Å². The minimum atomic E-state index is -0.699. The van der Waals surface area contributed by atoms with Gasteiger partial charge in [0.1, 0.15) is 6.04 Å². The van der Waals surface area contributed by atoms with Gasteiger partial charge in [-0.25, -0.2) is 0 Å². The van der Waals surface area contributed by atoms with Crippen molar-refractivity contribution in [1.82, 2.24) is 5.32 Å². The third-order valence-electron chi connectivity index (χ3n) is 2.95. The maximum Gasteiger partial charge on any atom is 0.320 e. The van der Waals surface area contributed by atoms with Crippen molar-refractivity contribution < 1.29 is 9.90 Å². The Morgan fingerprint density at radius 1 is 1.47 bits per heavy atom. The van der Waals surface area contributed by atoms with Crippen LogP contribution >= 0.6 is 11.8 Å². The third kappa shape index (κ3) is 4.89. The molecule has 1 rings (SSSR count). The summed E-state index contributed by atoms with van der Waals surface area (Å²) in [5, 5.41) is 12.3. The van der Waals surface area contributed by atoms with Crippen LogP contribution in [0.4, 0.5) is 0 Å². The van der Waals surface area contributed by atoms with Gasteiger partial charge in [0.15, 0.2) is 0 Å². The topological polar surface area (TPSA) is 49.3 Å². The highest BCUT2D eigenvalue weighted by Gasteiger charge is 2.22. The fourth-order valence-corrected chi connectivity index (χ4v) is 2.54. The van der Waals surface area contributed by atoms with Gasteiger partial charge in [0.05, 0.1) is 0 Å². The molecule has 0 aliphatic heterocycles. The number of thioether (sulfide) groups is 1. The third-order valence-corrected chi connectivity index (χ3v) is 3.59. The van der Waals surface area contributed by atoms with E-state index in [2.05, 4.69) is 5.32 Å². The van der Waals surface area contributed by atoms with Gasteiger partial charge >= 0.3 is 5.97 Å². The lowest BCUT2D eigenvalue weighted by molar-refractivity contribution is -0.139. The van der Waals surface area contributed by atoms with E-state index in [9.17, 15) is 4.79 Å². The molecule has 0 aromatic heterocycles. The summed E-state index contributed by atoms with van der Waals surface area (Å²) < 4.78 is 0. The van der Waals surface area contributed by atoms with Crippen LogP contribution in [-0.4, -0.2) is 35.2 Å². The maximum absolute atomic E-state index is 11.0. The number of carboxylic acids is 1. The van der Waals surface area contributed by atoms with Crippen molar-refractivity contribution in [3.05, 3.63) is 0 Å². The number of nitrogens with one attached hydrogen (secondary N) is 1. The molecule has 0 saturated heterocycles. The summed E-state index contributed by atoms with van der Waals surface area (Å²) in [7, 11) is 0. The zero-order valence-corrected chi connectivity index (χ0v) is 10.2. The number of rotatable bonds is 6. The largest absolute Gasteiger partial charge is 0.480 e. The first-order valence-electron chi connectivity index (χ1n) is 5.72. The number of hydrogen-bond acceptors (Lipinski definition) is 3. The Bertz CT molecular complexity index is 193. The second kappa shape index (κ2) is 7.12. The molecule has 1 aliphatic carbocycles. The normalized spacial score (nSPS) is 20.1. The Morgan fingerprint density at radius 3 is 2.67 bits per heavy atom. The first-order valence-corrected chi connectivity index (χ1v) is 7.11. The van der Waals surface area contributed by atoms with Crippen molar-refractivity contribution in [2.45, 2.75) is 50.6 Å². The second-order valence-electron chi connectivity index (χ2n) is 4.17. The van der Waals surface area contributed by atoms with Crippen LogP contribution in [0.2, 0.25) is 0 Å². The highest BCUT2D eigenvalue weighted by molar-refractivity contribution is 7.98. The van der Waals surface area contributed by atoms with Crippen LogP contribution < -0.4 is 5.32 Å². The molecule has 0 bridgehead atoms. The molecular formula is C11H21NO2S. The summed E-state index contributed by atoms with van der Waals surface area (Å²) in [5.41, 5.74) is 0. The molecule has 15 heavy (non-hydrogen) atoms. The first kappa shape index (κ1) is 12.8. The zero-order chi connectivity index (χ0) is 11.1. The molecule has 0 amide bonds. The van der Waals surface area contributed by atoms with Crippen LogP contribution in [0.5, 0.6) is 0 Å². The van der Waals surface area contributed by atoms with E-state index < -0.39 is 5.97 Å². The maximum atomic E-state index is 11.0. The molecule has 0 heterocycles. The summed E-state index contributed by atoms with van der Waals surface area (Å²) in [4.78, 5) is 11.0. The van der Waals surface area contributed by atoms with Crippen molar-refractivity contribution in [2.24, 2.45) is 0 Å². The average Bonchev–Trinajstić information content (AvgIpc) is 2.25. The predicted octanol–water partition coefficient (Wildman–Crippen LogP) is 2.11. The molecule has 0 aromatic carbocycles. The molecule has 1 fully saturated rings. The van der Waals surface area contributed by atoms with E-state index in [0.717, 1.165) is 25.0 Å². The van der Waals surface area contributed by atoms with Crippen LogP contribution in [0, 0.1) is 0 Å². The Balaban J connectivity index is 2.31. The summed E-state index contributed by atoms with van der Waals surface area (Å²) in [6, 6.07) is 0.0854. The fourth-order valence-electron chi connectivity index (χ4n) is 2.07.